The van der Waals surface area contributed by atoms with Crippen LogP contribution in [0, 0.1) is 56.7 Å². The van der Waals surface area contributed by atoms with E-state index in [9.17, 15) is 9.90 Å². The number of fused-ring (bicyclic) bond motifs is 7. The Kier molecular flexibility index (Phi) is 10.3. The van der Waals surface area contributed by atoms with E-state index < -0.39 is 11.4 Å². The van der Waals surface area contributed by atoms with Gasteiger partial charge in [0.2, 0.25) is 5.88 Å². The molecule has 2 N–H and O–H groups in total. The number of hydrogen-bond donors (Lipinski definition) is 2. The van der Waals surface area contributed by atoms with Crippen LogP contribution in [0.25, 0.3) is 0 Å². The highest BCUT2D eigenvalue weighted by Gasteiger charge is 2.70. The Morgan fingerprint density at radius 3 is 2.44 bits per heavy atom. The van der Waals surface area contributed by atoms with Gasteiger partial charge in [0.15, 0.2) is 0 Å². The standard InChI is InChI=1S/C48H72N4O3/c1-33(2)35-17-24-48(49-28-31-52-29-9-8-10-30-52)26-25-45(6)37(41(35)48)13-14-39-44(5)20-18-36(43(3,4)38(44)19-21-46(39,45)7)34-15-22-47(23-16-34,42(53)54)32-55-40-12-11-27-50-51-40/h11-12,15,18,27,35,37-39,41,49H,1,8-10,13-14,16-17,19-26,28-32H2,2-7H3,(H,53,54)/t35-,37+,38-,39+,41+,44-,45+,46+,47?,48-/m0/s1. The molecule has 8 rings (SSSR count). The zero-order valence-electron chi connectivity index (χ0n) is 35.2. The summed E-state index contributed by atoms with van der Waals surface area (Å²) in [5, 5.41) is 22.7. The number of likely N-dealkylation sites (tertiary alicyclic amines) is 1. The summed E-state index contributed by atoms with van der Waals surface area (Å²) in [6, 6.07) is 3.51. The number of aliphatic carboxylic acids is 1. The van der Waals surface area contributed by atoms with Gasteiger partial charge in [0.1, 0.15) is 12.0 Å². The number of hydrogen-bond acceptors (Lipinski definition) is 6. The number of ether oxygens (including phenoxy) is 1. The summed E-state index contributed by atoms with van der Waals surface area (Å²) in [7, 11) is 0. The Morgan fingerprint density at radius 2 is 1.75 bits per heavy atom. The quantitative estimate of drug-likeness (QED) is 0.230. The van der Waals surface area contributed by atoms with Gasteiger partial charge in [-0.15, -0.1) is 5.10 Å². The molecule has 7 heteroatoms. The Hall–Kier alpha value is -2.51. The van der Waals surface area contributed by atoms with Gasteiger partial charge in [-0.2, -0.15) is 5.10 Å². The molecule has 6 aliphatic carbocycles. The number of carboxylic acids is 1. The van der Waals surface area contributed by atoms with E-state index in [1.165, 1.54) is 107 Å². The predicted octanol–water partition coefficient (Wildman–Crippen LogP) is 10.1. The highest BCUT2D eigenvalue weighted by atomic mass is 16.5. The van der Waals surface area contributed by atoms with E-state index in [0.29, 0.717) is 53.2 Å². The monoisotopic (exact) mass is 753 g/mol. The van der Waals surface area contributed by atoms with Gasteiger partial charge in [0, 0.05) is 30.9 Å². The maximum absolute atomic E-state index is 12.7. The SMILES string of the molecule is C=C(C)[C@@H]1CC[C@]2(NCCN3CCCCC3)CC[C@]3(C)[C@H](CC[C@@H]4[C@@]5(C)CC=C(C6=CCC(COc7cccnn7)(C(=O)O)CC6)C(C)(C)[C@@H]5CC[C@]43C)[C@@H]12. The molecule has 0 bridgehead atoms. The Morgan fingerprint density at radius 1 is 0.945 bits per heavy atom. The molecule has 1 aliphatic heterocycles. The van der Waals surface area contributed by atoms with Gasteiger partial charge in [0.05, 0.1) is 0 Å². The summed E-state index contributed by atoms with van der Waals surface area (Å²) >= 11 is 0. The Labute approximate surface area is 332 Å². The first kappa shape index (κ1) is 39.3. The number of nitrogens with zero attached hydrogens (tertiary/aromatic N) is 3. The Bertz CT molecular complexity index is 1680. The molecule has 7 aliphatic rings. The summed E-state index contributed by atoms with van der Waals surface area (Å²) in [6.45, 7) is 25.3. The first-order chi connectivity index (χ1) is 26.2. The molecule has 55 heavy (non-hydrogen) atoms. The number of aromatic nitrogens is 2. The molecule has 302 valence electrons. The van der Waals surface area contributed by atoms with E-state index in [0.717, 1.165) is 25.3 Å². The topological polar surface area (TPSA) is 87.6 Å². The van der Waals surface area contributed by atoms with Crippen molar-refractivity contribution in [1.29, 1.82) is 0 Å². The van der Waals surface area contributed by atoms with Crippen molar-refractivity contribution in [2.24, 2.45) is 56.7 Å². The fourth-order valence-corrected chi connectivity index (χ4v) is 15.4. The van der Waals surface area contributed by atoms with Gasteiger partial charge in [-0.25, -0.2) is 0 Å². The lowest BCUT2D eigenvalue weighted by atomic mass is 9.33. The van der Waals surface area contributed by atoms with Gasteiger partial charge in [-0.1, -0.05) is 65.3 Å². The molecule has 0 spiro atoms. The van der Waals surface area contributed by atoms with Crippen LogP contribution in [0.15, 0.2) is 53.8 Å². The molecule has 1 aromatic heterocycles. The van der Waals surface area contributed by atoms with Crippen molar-refractivity contribution in [2.45, 2.75) is 143 Å². The second-order valence-electron chi connectivity index (χ2n) is 21.1. The molecule has 2 heterocycles. The highest BCUT2D eigenvalue weighted by molar-refractivity contribution is 5.75. The summed E-state index contributed by atoms with van der Waals surface area (Å²) in [4.78, 5) is 15.4. The van der Waals surface area contributed by atoms with E-state index in [1.807, 2.05) is 0 Å². The van der Waals surface area contributed by atoms with Gasteiger partial charge in [-0.05, 0) is 178 Å². The fourth-order valence-electron chi connectivity index (χ4n) is 15.4. The van der Waals surface area contributed by atoms with Crippen LogP contribution in [0.2, 0.25) is 0 Å². The minimum atomic E-state index is -0.946. The molecule has 0 amide bonds. The zero-order valence-corrected chi connectivity index (χ0v) is 35.2. The van der Waals surface area contributed by atoms with E-state index in [4.69, 9.17) is 4.74 Å². The molecule has 10 atom stereocenters. The molecule has 0 aromatic carbocycles. The van der Waals surface area contributed by atoms with Crippen LogP contribution in [0.4, 0.5) is 0 Å². The van der Waals surface area contributed by atoms with Crippen LogP contribution in [0.3, 0.4) is 0 Å². The maximum Gasteiger partial charge on any atom is 0.313 e. The van der Waals surface area contributed by atoms with Crippen molar-refractivity contribution >= 4 is 5.97 Å². The molecule has 1 saturated heterocycles. The molecule has 0 radical (unpaired) electrons. The van der Waals surface area contributed by atoms with Crippen molar-refractivity contribution in [3.8, 4) is 5.88 Å². The van der Waals surface area contributed by atoms with Crippen LogP contribution in [0.5, 0.6) is 5.88 Å². The largest absolute Gasteiger partial charge is 0.481 e. The molecule has 4 saturated carbocycles. The molecule has 1 unspecified atom stereocenters. The third kappa shape index (κ3) is 6.30. The Balaban J connectivity index is 1.02. The normalized spacial score (nSPS) is 42.5. The number of rotatable bonds is 10. The smallest absolute Gasteiger partial charge is 0.313 e. The van der Waals surface area contributed by atoms with Crippen molar-refractivity contribution in [3.63, 3.8) is 0 Å². The van der Waals surface area contributed by atoms with Crippen LogP contribution in [-0.4, -0.2) is 64.5 Å². The van der Waals surface area contributed by atoms with Crippen molar-refractivity contribution < 1.29 is 14.6 Å². The summed E-state index contributed by atoms with van der Waals surface area (Å²) < 4.78 is 5.90. The van der Waals surface area contributed by atoms with Crippen LogP contribution in [-0.2, 0) is 4.79 Å². The average Bonchev–Trinajstić information content (AvgIpc) is 3.55. The van der Waals surface area contributed by atoms with E-state index in [1.54, 1.807) is 18.3 Å². The summed E-state index contributed by atoms with van der Waals surface area (Å²) in [5.74, 6) is 3.00. The van der Waals surface area contributed by atoms with E-state index >= 15 is 0 Å². The van der Waals surface area contributed by atoms with Gasteiger partial charge < -0.3 is 20.1 Å². The lowest BCUT2D eigenvalue weighted by Gasteiger charge is -2.72. The lowest BCUT2D eigenvalue weighted by Crippen LogP contribution is -2.68. The number of piperidine rings is 1. The van der Waals surface area contributed by atoms with Crippen LogP contribution >= 0.6 is 0 Å². The number of carboxylic acid groups (broad SMARTS) is 1. The third-order valence-corrected chi connectivity index (χ3v) is 18.5. The average molecular weight is 753 g/mol. The first-order valence-electron chi connectivity index (χ1n) is 22.4. The zero-order chi connectivity index (χ0) is 38.9. The summed E-state index contributed by atoms with van der Waals surface area (Å²) in [5.41, 5.74) is 4.55. The summed E-state index contributed by atoms with van der Waals surface area (Å²) in [6.07, 6.45) is 24.2. The van der Waals surface area contributed by atoms with Crippen molar-refractivity contribution in [2.75, 3.05) is 32.8 Å². The minimum absolute atomic E-state index is 0.0355. The van der Waals surface area contributed by atoms with Crippen molar-refractivity contribution in [3.05, 3.63) is 53.8 Å². The lowest BCUT2D eigenvalue weighted by molar-refractivity contribution is -0.221. The molecular formula is C48H72N4O3. The molecular weight excluding hydrogens is 681 g/mol. The third-order valence-electron chi connectivity index (χ3n) is 18.5. The second kappa shape index (κ2) is 14.4. The highest BCUT2D eigenvalue weighted by Crippen LogP contribution is 2.76. The molecule has 7 nitrogen and oxygen atoms in total. The number of carbonyl (C=O) groups is 1. The number of nitrogens with one attached hydrogen (secondary N) is 1. The van der Waals surface area contributed by atoms with Gasteiger partial charge in [-0.3, -0.25) is 4.79 Å². The first-order valence-corrected chi connectivity index (χ1v) is 22.4. The molecule has 5 fully saturated rings. The number of allylic oxidation sites excluding steroid dienone is 5. The fraction of sp³-hybridized carbons (Fsp3) is 0.771. The predicted molar refractivity (Wildman–Crippen MR) is 221 cm³/mol. The van der Waals surface area contributed by atoms with Crippen molar-refractivity contribution in [1.82, 2.24) is 20.4 Å². The second-order valence-corrected chi connectivity index (χ2v) is 21.1. The van der Waals surface area contributed by atoms with Crippen LogP contribution < -0.4 is 10.1 Å². The maximum atomic E-state index is 12.7. The molecule has 1 aromatic rings. The minimum Gasteiger partial charge on any atom is -0.481 e. The van der Waals surface area contributed by atoms with Gasteiger partial charge >= 0.3 is 5.97 Å². The van der Waals surface area contributed by atoms with E-state index in [2.05, 4.69) is 80.7 Å². The van der Waals surface area contributed by atoms with E-state index in [-0.39, 0.29) is 23.0 Å². The van der Waals surface area contributed by atoms with Gasteiger partial charge in [0.25, 0.3) is 0 Å². The van der Waals surface area contributed by atoms with Crippen LogP contribution in [0.1, 0.15) is 138 Å².